The smallest absolute Gasteiger partial charge is 0.253 e. The van der Waals surface area contributed by atoms with Crippen molar-refractivity contribution in [3.63, 3.8) is 0 Å². The zero-order valence-corrected chi connectivity index (χ0v) is 14.6. The fourth-order valence-electron chi connectivity index (χ4n) is 3.02. The first-order valence-electron chi connectivity index (χ1n) is 8.08. The SMILES string of the molecule is CNCCC1CCN(C(=O)c2ccc(-c3ncon3)cc2)CC1.Cl. The van der Waals surface area contributed by atoms with Gasteiger partial charge < -0.3 is 14.7 Å². The summed E-state index contributed by atoms with van der Waals surface area (Å²) < 4.78 is 4.74. The van der Waals surface area contributed by atoms with Gasteiger partial charge in [-0.2, -0.15) is 4.98 Å². The van der Waals surface area contributed by atoms with Crippen LogP contribution in [0.25, 0.3) is 11.4 Å². The molecule has 0 unspecified atom stereocenters. The molecule has 24 heavy (non-hydrogen) atoms. The predicted molar refractivity (Wildman–Crippen MR) is 94.2 cm³/mol. The van der Waals surface area contributed by atoms with Gasteiger partial charge in [0.1, 0.15) is 0 Å². The maximum atomic E-state index is 12.6. The zero-order chi connectivity index (χ0) is 16.1. The second-order valence-corrected chi connectivity index (χ2v) is 5.96. The van der Waals surface area contributed by atoms with E-state index in [0.29, 0.717) is 11.4 Å². The number of likely N-dealkylation sites (tertiary alicyclic amines) is 1. The van der Waals surface area contributed by atoms with Gasteiger partial charge in [0, 0.05) is 24.2 Å². The Balaban J connectivity index is 0.00000208. The van der Waals surface area contributed by atoms with Crippen molar-refractivity contribution in [3.05, 3.63) is 36.2 Å². The van der Waals surface area contributed by atoms with Crippen LogP contribution in [0.5, 0.6) is 0 Å². The average Bonchev–Trinajstić information content (AvgIpc) is 3.14. The van der Waals surface area contributed by atoms with E-state index in [4.69, 9.17) is 4.52 Å². The molecule has 0 bridgehead atoms. The number of nitrogens with zero attached hydrogens (tertiary/aromatic N) is 3. The van der Waals surface area contributed by atoms with Crippen molar-refractivity contribution >= 4 is 18.3 Å². The van der Waals surface area contributed by atoms with E-state index in [1.165, 1.54) is 12.8 Å². The number of halogens is 1. The fraction of sp³-hybridized carbons (Fsp3) is 0.471. The largest absolute Gasteiger partial charge is 0.342 e. The van der Waals surface area contributed by atoms with Crippen LogP contribution in [-0.2, 0) is 0 Å². The Morgan fingerprint density at radius 2 is 2.00 bits per heavy atom. The Morgan fingerprint density at radius 1 is 1.29 bits per heavy atom. The Bertz CT molecular complexity index is 623. The highest BCUT2D eigenvalue weighted by Gasteiger charge is 2.23. The van der Waals surface area contributed by atoms with Gasteiger partial charge in [-0.05, 0) is 50.9 Å². The zero-order valence-electron chi connectivity index (χ0n) is 13.8. The summed E-state index contributed by atoms with van der Waals surface area (Å²) in [7, 11) is 1.98. The third kappa shape index (κ3) is 4.33. The van der Waals surface area contributed by atoms with Crippen molar-refractivity contribution in [2.24, 2.45) is 5.92 Å². The van der Waals surface area contributed by atoms with Gasteiger partial charge in [-0.15, -0.1) is 12.4 Å². The molecule has 1 aliphatic rings. The van der Waals surface area contributed by atoms with Gasteiger partial charge in [0.2, 0.25) is 12.2 Å². The van der Waals surface area contributed by atoms with Gasteiger partial charge in [-0.3, -0.25) is 4.79 Å². The monoisotopic (exact) mass is 350 g/mol. The van der Waals surface area contributed by atoms with Gasteiger partial charge in [0.15, 0.2) is 0 Å². The molecule has 0 saturated carbocycles. The van der Waals surface area contributed by atoms with Gasteiger partial charge in [0.25, 0.3) is 5.91 Å². The minimum Gasteiger partial charge on any atom is -0.342 e. The molecule has 1 aliphatic heterocycles. The summed E-state index contributed by atoms with van der Waals surface area (Å²) in [5.74, 6) is 1.37. The van der Waals surface area contributed by atoms with E-state index in [2.05, 4.69) is 15.5 Å². The maximum absolute atomic E-state index is 12.6. The topological polar surface area (TPSA) is 71.3 Å². The van der Waals surface area contributed by atoms with E-state index in [0.717, 1.165) is 44.0 Å². The van der Waals surface area contributed by atoms with E-state index in [1.807, 2.05) is 36.2 Å². The van der Waals surface area contributed by atoms with Gasteiger partial charge in [0.05, 0.1) is 0 Å². The minimum atomic E-state index is 0. The first-order valence-corrected chi connectivity index (χ1v) is 8.08. The number of benzene rings is 1. The molecule has 2 heterocycles. The third-order valence-electron chi connectivity index (χ3n) is 4.46. The van der Waals surface area contributed by atoms with Crippen molar-refractivity contribution in [2.45, 2.75) is 19.3 Å². The van der Waals surface area contributed by atoms with Crippen LogP contribution in [0.4, 0.5) is 0 Å². The maximum Gasteiger partial charge on any atom is 0.253 e. The number of carbonyl (C=O) groups is 1. The van der Waals surface area contributed by atoms with Crippen LogP contribution < -0.4 is 5.32 Å². The highest BCUT2D eigenvalue weighted by atomic mass is 35.5. The molecular weight excluding hydrogens is 328 g/mol. The molecule has 1 aromatic heterocycles. The molecule has 1 aromatic carbocycles. The second kappa shape index (κ2) is 8.80. The summed E-state index contributed by atoms with van der Waals surface area (Å²) in [5, 5.41) is 6.99. The molecule has 3 rings (SSSR count). The number of hydrogen-bond acceptors (Lipinski definition) is 5. The molecule has 2 aromatic rings. The summed E-state index contributed by atoms with van der Waals surface area (Å²) >= 11 is 0. The van der Waals surface area contributed by atoms with Crippen LogP contribution in [0.3, 0.4) is 0 Å². The minimum absolute atomic E-state index is 0. The van der Waals surface area contributed by atoms with E-state index in [1.54, 1.807) is 0 Å². The number of carbonyl (C=O) groups excluding carboxylic acids is 1. The molecule has 0 aliphatic carbocycles. The van der Waals surface area contributed by atoms with Crippen LogP contribution in [0.2, 0.25) is 0 Å². The standard InChI is InChI=1S/C17H22N4O2.ClH/c1-18-9-6-13-7-10-21(11-8-13)17(22)15-4-2-14(3-5-15)16-19-12-23-20-16;/h2-5,12-13,18H,6-11H2,1H3;1H. The average molecular weight is 351 g/mol. The second-order valence-electron chi connectivity index (χ2n) is 5.96. The summed E-state index contributed by atoms with van der Waals surface area (Å²) in [4.78, 5) is 18.5. The Morgan fingerprint density at radius 3 is 2.58 bits per heavy atom. The molecule has 6 nitrogen and oxygen atoms in total. The highest BCUT2D eigenvalue weighted by molar-refractivity contribution is 5.94. The van der Waals surface area contributed by atoms with E-state index in [9.17, 15) is 4.79 Å². The van der Waals surface area contributed by atoms with Crippen LogP contribution >= 0.6 is 12.4 Å². The van der Waals surface area contributed by atoms with Crippen LogP contribution in [0.15, 0.2) is 35.2 Å². The van der Waals surface area contributed by atoms with Crippen molar-refractivity contribution in [3.8, 4) is 11.4 Å². The summed E-state index contributed by atoms with van der Waals surface area (Å²) in [5.41, 5.74) is 1.56. The number of aromatic nitrogens is 2. The number of hydrogen-bond donors (Lipinski definition) is 1. The molecule has 0 atom stereocenters. The van der Waals surface area contributed by atoms with Crippen LogP contribution in [-0.4, -0.2) is 47.6 Å². The lowest BCUT2D eigenvalue weighted by Crippen LogP contribution is -2.38. The quantitative estimate of drug-likeness (QED) is 0.897. The molecule has 7 heteroatoms. The van der Waals surface area contributed by atoms with E-state index in [-0.39, 0.29) is 18.3 Å². The molecule has 1 fully saturated rings. The molecule has 1 N–H and O–H groups in total. The van der Waals surface area contributed by atoms with Gasteiger partial charge >= 0.3 is 0 Å². The normalized spacial score (nSPS) is 15.1. The number of rotatable bonds is 5. The number of amides is 1. The Kier molecular flexibility index (Phi) is 6.75. The van der Waals surface area contributed by atoms with Crippen LogP contribution in [0, 0.1) is 5.92 Å². The Labute approximate surface area is 148 Å². The molecular formula is C17H23ClN4O2. The van der Waals surface area contributed by atoms with Crippen molar-refractivity contribution in [1.82, 2.24) is 20.4 Å². The summed E-state index contributed by atoms with van der Waals surface area (Å²) in [6, 6.07) is 7.39. The molecule has 1 saturated heterocycles. The van der Waals surface area contributed by atoms with Crippen molar-refractivity contribution < 1.29 is 9.32 Å². The third-order valence-corrected chi connectivity index (χ3v) is 4.46. The summed E-state index contributed by atoms with van der Waals surface area (Å²) in [6.07, 6.45) is 4.67. The molecule has 130 valence electrons. The summed E-state index contributed by atoms with van der Waals surface area (Å²) in [6.45, 7) is 2.75. The van der Waals surface area contributed by atoms with Gasteiger partial charge in [-0.1, -0.05) is 17.3 Å². The molecule has 0 radical (unpaired) electrons. The first kappa shape index (κ1) is 18.4. The fourth-order valence-corrected chi connectivity index (χ4v) is 3.02. The van der Waals surface area contributed by atoms with Crippen molar-refractivity contribution in [2.75, 3.05) is 26.7 Å². The van der Waals surface area contributed by atoms with Crippen LogP contribution in [0.1, 0.15) is 29.6 Å². The number of piperidine rings is 1. The van der Waals surface area contributed by atoms with Crippen molar-refractivity contribution in [1.29, 1.82) is 0 Å². The molecule has 0 spiro atoms. The number of nitrogens with one attached hydrogen (secondary N) is 1. The lowest BCUT2D eigenvalue weighted by atomic mass is 9.93. The highest BCUT2D eigenvalue weighted by Crippen LogP contribution is 2.22. The lowest BCUT2D eigenvalue weighted by molar-refractivity contribution is 0.0687. The molecule has 1 amide bonds. The van der Waals surface area contributed by atoms with E-state index < -0.39 is 0 Å². The van der Waals surface area contributed by atoms with Gasteiger partial charge in [-0.25, -0.2) is 0 Å². The predicted octanol–water partition coefficient (Wildman–Crippen LogP) is 2.62. The Hall–Kier alpha value is -1.92. The first-order chi connectivity index (χ1) is 11.3. The van der Waals surface area contributed by atoms with E-state index >= 15 is 0 Å². The lowest BCUT2D eigenvalue weighted by Gasteiger charge is -2.32.